The van der Waals surface area contributed by atoms with Gasteiger partial charge in [-0.05, 0) is 19.9 Å². The molecule has 1 unspecified atom stereocenters. The van der Waals surface area contributed by atoms with E-state index in [4.69, 9.17) is 4.74 Å². The van der Waals surface area contributed by atoms with Crippen molar-refractivity contribution in [3.8, 4) is 5.75 Å². The van der Waals surface area contributed by atoms with E-state index in [1.807, 2.05) is 27.1 Å². The van der Waals surface area contributed by atoms with Crippen molar-refractivity contribution in [2.45, 2.75) is 19.9 Å². The minimum atomic E-state index is -0.277. The van der Waals surface area contributed by atoms with Crippen LogP contribution in [0.3, 0.4) is 0 Å². The first-order valence-corrected chi connectivity index (χ1v) is 6.11. The Hall–Kier alpha value is -2.04. The van der Waals surface area contributed by atoms with Crippen LogP contribution >= 0.6 is 0 Å². The van der Waals surface area contributed by atoms with Crippen LogP contribution in [0.4, 0.5) is 10.1 Å². The number of aromatic nitrogens is 2. The predicted octanol–water partition coefficient (Wildman–Crippen LogP) is 3.05. The molecule has 2 aromatic rings. The number of hydrogen-bond acceptors (Lipinski definition) is 3. The molecule has 4 nitrogen and oxygen atoms in total. The zero-order valence-electron chi connectivity index (χ0n) is 11.6. The first-order chi connectivity index (χ1) is 9.01. The van der Waals surface area contributed by atoms with Crippen LogP contribution < -0.4 is 10.1 Å². The van der Waals surface area contributed by atoms with Crippen molar-refractivity contribution in [2.24, 2.45) is 7.05 Å². The monoisotopic (exact) mass is 263 g/mol. The molecule has 1 N–H and O–H groups in total. The highest BCUT2D eigenvalue weighted by atomic mass is 19.1. The van der Waals surface area contributed by atoms with E-state index in [9.17, 15) is 4.39 Å². The lowest BCUT2D eigenvalue weighted by Gasteiger charge is -2.16. The maximum Gasteiger partial charge on any atom is 0.132 e. The molecule has 19 heavy (non-hydrogen) atoms. The van der Waals surface area contributed by atoms with Gasteiger partial charge in [-0.3, -0.25) is 4.68 Å². The Kier molecular flexibility index (Phi) is 3.74. The summed E-state index contributed by atoms with van der Waals surface area (Å²) in [5.74, 6) is 0.243. The fourth-order valence-electron chi connectivity index (χ4n) is 2.04. The molecule has 0 fully saturated rings. The van der Waals surface area contributed by atoms with Gasteiger partial charge in [-0.1, -0.05) is 6.07 Å². The zero-order valence-corrected chi connectivity index (χ0v) is 11.6. The van der Waals surface area contributed by atoms with Crippen molar-refractivity contribution in [2.75, 3.05) is 12.4 Å². The Balaban J connectivity index is 2.20. The summed E-state index contributed by atoms with van der Waals surface area (Å²) in [6, 6.07) is 4.74. The third-order valence-electron chi connectivity index (χ3n) is 3.06. The Morgan fingerprint density at radius 1 is 1.42 bits per heavy atom. The lowest BCUT2D eigenvalue weighted by atomic mass is 10.1. The van der Waals surface area contributed by atoms with Gasteiger partial charge in [0.2, 0.25) is 0 Å². The van der Waals surface area contributed by atoms with Crippen molar-refractivity contribution in [3.63, 3.8) is 0 Å². The molecular formula is C14H18FN3O. The van der Waals surface area contributed by atoms with Gasteiger partial charge in [-0.25, -0.2) is 4.39 Å². The van der Waals surface area contributed by atoms with E-state index < -0.39 is 0 Å². The molecule has 1 heterocycles. The average Bonchev–Trinajstić information content (AvgIpc) is 2.67. The molecule has 0 saturated heterocycles. The Bertz CT molecular complexity index is 580. The van der Waals surface area contributed by atoms with Crippen molar-refractivity contribution >= 4 is 5.69 Å². The summed E-state index contributed by atoms with van der Waals surface area (Å²) in [5, 5.41) is 7.51. The smallest absolute Gasteiger partial charge is 0.132 e. The van der Waals surface area contributed by atoms with Crippen LogP contribution in [0.15, 0.2) is 24.4 Å². The SMILES string of the molecule is COc1ccc(C(C)Nc2cn(C)nc2C)c(F)c1. The predicted molar refractivity (Wildman–Crippen MR) is 72.9 cm³/mol. The van der Waals surface area contributed by atoms with Gasteiger partial charge in [0.05, 0.1) is 24.5 Å². The third-order valence-corrected chi connectivity index (χ3v) is 3.06. The summed E-state index contributed by atoms with van der Waals surface area (Å²) < 4.78 is 20.7. The molecule has 0 saturated carbocycles. The zero-order chi connectivity index (χ0) is 14.0. The highest BCUT2D eigenvalue weighted by Gasteiger charge is 2.13. The second kappa shape index (κ2) is 5.30. The number of rotatable bonds is 4. The molecule has 0 aliphatic heterocycles. The van der Waals surface area contributed by atoms with E-state index in [0.717, 1.165) is 11.4 Å². The number of methoxy groups -OCH3 is 1. The summed E-state index contributed by atoms with van der Waals surface area (Å²) >= 11 is 0. The second-order valence-corrected chi connectivity index (χ2v) is 4.56. The van der Waals surface area contributed by atoms with Crippen LogP contribution in [0.25, 0.3) is 0 Å². The summed E-state index contributed by atoms with van der Waals surface area (Å²) in [6.45, 7) is 3.83. The molecular weight excluding hydrogens is 245 g/mol. The Morgan fingerprint density at radius 2 is 2.16 bits per heavy atom. The molecule has 0 bridgehead atoms. The molecule has 0 amide bonds. The first kappa shape index (κ1) is 13.4. The summed E-state index contributed by atoms with van der Waals surface area (Å²) in [5.41, 5.74) is 2.40. The van der Waals surface area contributed by atoms with Crippen LogP contribution in [0.1, 0.15) is 24.2 Å². The van der Waals surface area contributed by atoms with Gasteiger partial charge < -0.3 is 10.1 Å². The van der Waals surface area contributed by atoms with Gasteiger partial charge in [0, 0.05) is 24.9 Å². The summed E-state index contributed by atoms with van der Waals surface area (Å²) in [4.78, 5) is 0. The maximum atomic E-state index is 14.0. The van der Waals surface area contributed by atoms with E-state index in [1.54, 1.807) is 16.8 Å². The number of anilines is 1. The minimum absolute atomic E-state index is 0.145. The number of benzene rings is 1. The number of aryl methyl sites for hydroxylation is 2. The molecule has 2 rings (SSSR count). The number of nitrogens with zero attached hydrogens (tertiary/aromatic N) is 2. The molecule has 1 atom stereocenters. The number of hydrogen-bond donors (Lipinski definition) is 1. The summed E-state index contributed by atoms with van der Waals surface area (Å²) in [7, 11) is 3.38. The Labute approximate surface area is 112 Å². The van der Waals surface area contributed by atoms with Crippen LogP contribution in [-0.2, 0) is 7.05 Å². The largest absolute Gasteiger partial charge is 0.497 e. The molecule has 1 aromatic carbocycles. The minimum Gasteiger partial charge on any atom is -0.497 e. The Morgan fingerprint density at radius 3 is 2.68 bits per heavy atom. The summed E-state index contributed by atoms with van der Waals surface area (Å²) in [6.07, 6.45) is 1.88. The van der Waals surface area contributed by atoms with Gasteiger partial charge in [0.15, 0.2) is 0 Å². The quantitative estimate of drug-likeness (QED) is 0.921. The van der Waals surface area contributed by atoms with Crippen LogP contribution in [0.2, 0.25) is 0 Å². The average molecular weight is 263 g/mol. The van der Waals surface area contributed by atoms with Gasteiger partial charge in [0.1, 0.15) is 11.6 Å². The van der Waals surface area contributed by atoms with E-state index in [2.05, 4.69) is 10.4 Å². The van der Waals surface area contributed by atoms with Crippen LogP contribution in [0.5, 0.6) is 5.75 Å². The van der Waals surface area contributed by atoms with Crippen molar-refractivity contribution in [1.82, 2.24) is 9.78 Å². The molecule has 0 spiro atoms. The molecule has 102 valence electrons. The number of nitrogens with one attached hydrogen (secondary N) is 1. The van der Waals surface area contributed by atoms with Gasteiger partial charge >= 0.3 is 0 Å². The van der Waals surface area contributed by atoms with Crippen LogP contribution in [-0.4, -0.2) is 16.9 Å². The van der Waals surface area contributed by atoms with E-state index >= 15 is 0 Å². The van der Waals surface area contributed by atoms with Crippen molar-refractivity contribution < 1.29 is 9.13 Å². The lowest BCUT2D eigenvalue weighted by molar-refractivity contribution is 0.410. The lowest BCUT2D eigenvalue weighted by Crippen LogP contribution is -2.09. The fourth-order valence-corrected chi connectivity index (χ4v) is 2.04. The van der Waals surface area contributed by atoms with E-state index in [-0.39, 0.29) is 11.9 Å². The standard InChI is InChI=1S/C14H18FN3O/c1-9(16-14-8-18(3)17-10(14)2)12-6-5-11(19-4)7-13(12)15/h5-9,16H,1-4H3. The normalized spacial score (nSPS) is 12.3. The van der Waals surface area contributed by atoms with Crippen molar-refractivity contribution in [3.05, 3.63) is 41.5 Å². The van der Waals surface area contributed by atoms with Gasteiger partial charge in [-0.2, -0.15) is 5.10 Å². The molecule has 5 heteroatoms. The first-order valence-electron chi connectivity index (χ1n) is 6.11. The highest BCUT2D eigenvalue weighted by Crippen LogP contribution is 2.25. The molecule has 0 aliphatic carbocycles. The second-order valence-electron chi connectivity index (χ2n) is 4.56. The fraction of sp³-hybridized carbons (Fsp3) is 0.357. The molecule has 0 aliphatic rings. The third kappa shape index (κ3) is 2.86. The van der Waals surface area contributed by atoms with Gasteiger partial charge in [-0.15, -0.1) is 0 Å². The molecule has 1 aromatic heterocycles. The topological polar surface area (TPSA) is 39.1 Å². The van der Waals surface area contributed by atoms with Crippen molar-refractivity contribution in [1.29, 1.82) is 0 Å². The highest BCUT2D eigenvalue weighted by molar-refractivity contribution is 5.48. The van der Waals surface area contributed by atoms with E-state index in [0.29, 0.717) is 11.3 Å². The maximum absolute atomic E-state index is 14.0. The van der Waals surface area contributed by atoms with Gasteiger partial charge in [0.25, 0.3) is 0 Å². The number of halogens is 1. The molecule has 0 radical (unpaired) electrons. The van der Waals surface area contributed by atoms with E-state index in [1.165, 1.54) is 13.2 Å². The number of ether oxygens (including phenoxy) is 1. The van der Waals surface area contributed by atoms with Crippen LogP contribution in [0, 0.1) is 12.7 Å².